The quantitative estimate of drug-likeness (QED) is 0.437. The molecule has 0 aliphatic carbocycles. The second kappa shape index (κ2) is 4.32. The third-order valence-electron chi connectivity index (χ3n) is 1.08. The number of ether oxygens (including phenoxy) is 1. The summed E-state index contributed by atoms with van der Waals surface area (Å²) in [4.78, 5) is 0. The third kappa shape index (κ3) is 3.08. The van der Waals surface area contributed by atoms with Crippen molar-refractivity contribution in [3.05, 3.63) is 0 Å². The van der Waals surface area contributed by atoms with Gasteiger partial charge in [-0.05, 0) is 13.3 Å². The van der Waals surface area contributed by atoms with Crippen LogP contribution in [0.25, 0.3) is 0 Å². The van der Waals surface area contributed by atoms with Crippen LogP contribution in [0.1, 0.15) is 20.3 Å². The molecule has 0 rings (SSSR count). The molecule has 0 aliphatic heterocycles. The van der Waals surface area contributed by atoms with Gasteiger partial charge >= 0.3 is 0 Å². The molecule has 3 nitrogen and oxygen atoms in total. The van der Waals surface area contributed by atoms with E-state index in [9.17, 15) is 0 Å². The molecule has 0 heterocycles. The highest BCUT2D eigenvalue weighted by Gasteiger charge is 2.05. The van der Waals surface area contributed by atoms with Gasteiger partial charge in [-0.25, -0.2) is 0 Å². The van der Waals surface area contributed by atoms with Gasteiger partial charge in [0.15, 0.2) is 5.90 Å². The lowest BCUT2D eigenvalue weighted by atomic mass is 10.2. The molecule has 0 aromatic heterocycles. The largest absolute Gasteiger partial charge is 0.480 e. The first-order valence-electron chi connectivity index (χ1n) is 3.19. The minimum Gasteiger partial charge on any atom is -0.480 e. The zero-order valence-corrected chi connectivity index (χ0v) is 5.98. The maximum atomic E-state index is 7.15. The number of rotatable bonds is 3. The Hall–Kier alpha value is -0.570. The topological polar surface area (TPSA) is 59.1 Å². The van der Waals surface area contributed by atoms with Crippen molar-refractivity contribution >= 4 is 5.90 Å². The number of nitrogens with two attached hydrogens (primary N) is 1. The van der Waals surface area contributed by atoms with E-state index in [0.717, 1.165) is 6.42 Å². The predicted octanol–water partition coefficient (Wildman–Crippen LogP) is 0.737. The lowest BCUT2D eigenvalue weighted by molar-refractivity contribution is 0.307. The van der Waals surface area contributed by atoms with Crippen molar-refractivity contribution in [3.63, 3.8) is 0 Å². The highest BCUT2D eigenvalue weighted by Crippen LogP contribution is 1.89. The Morgan fingerprint density at radius 1 is 1.67 bits per heavy atom. The van der Waals surface area contributed by atoms with E-state index in [-0.39, 0.29) is 11.9 Å². The van der Waals surface area contributed by atoms with Crippen LogP contribution in [0, 0.1) is 5.41 Å². The summed E-state index contributed by atoms with van der Waals surface area (Å²) in [6.07, 6.45) is 0.763. The molecule has 0 saturated carbocycles. The van der Waals surface area contributed by atoms with Crippen molar-refractivity contribution in [1.29, 1.82) is 5.41 Å². The van der Waals surface area contributed by atoms with Crippen molar-refractivity contribution in [2.45, 2.75) is 26.3 Å². The fourth-order valence-corrected chi connectivity index (χ4v) is 0.448. The fraction of sp³-hybridized carbons (Fsp3) is 0.833. The first-order chi connectivity index (χ1) is 4.22. The van der Waals surface area contributed by atoms with Gasteiger partial charge in [-0.15, -0.1) is 0 Å². The van der Waals surface area contributed by atoms with Crippen LogP contribution >= 0.6 is 0 Å². The second-order valence-corrected chi connectivity index (χ2v) is 1.81. The lowest BCUT2D eigenvalue weighted by Gasteiger charge is -2.09. The van der Waals surface area contributed by atoms with Crippen LogP contribution in [-0.4, -0.2) is 18.5 Å². The second-order valence-electron chi connectivity index (χ2n) is 1.81. The molecule has 9 heavy (non-hydrogen) atoms. The highest BCUT2D eigenvalue weighted by molar-refractivity contribution is 5.78. The Morgan fingerprint density at radius 3 is 2.56 bits per heavy atom. The molecular weight excluding hydrogens is 116 g/mol. The van der Waals surface area contributed by atoms with E-state index in [1.807, 2.05) is 13.8 Å². The third-order valence-corrected chi connectivity index (χ3v) is 1.08. The average molecular weight is 130 g/mol. The Morgan fingerprint density at radius 2 is 2.22 bits per heavy atom. The summed E-state index contributed by atoms with van der Waals surface area (Å²) in [5.41, 5.74) is 5.45. The highest BCUT2D eigenvalue weighted by atomic mass is 16.5. The minimum atomic E-state index is -0.218. The van der Waals surface area contributed by atoms with Crippen LogP contribution in [0.4, 0.5) is 0 Å². The number of nitrogens with one attached hydrogen (secondary N) is 1. The SMILES string of the molecule is CCOC(=N)C(N)CC. The van der Waals surface area contributed by atoms with E-state index < -0.39 is 0 Å². The van der Waals surface area contributed by atoms with E-state index in [1.165, 1.54) is 0 Å². The summed E-state index contributed by atoms with van der Waals surface area (Å²) < 4.78 is 4.85. The van der Waals surface area contributed by atoms with E-state index in [4.69, 9.17) is 15.9 Å². The van der Waals surface area contributed by atoms with Gasteiger partial charge in [-0.1, -0.05) is 6.92 Å². The fourth-order valence-electron chi connectivity index (χ4n) is 0.448. The summed E-state index contributed by atoms with van der Waals surface area (Å²) in [7, 11) is 0. The maximum Gasteiger partial charge on any atom is 0.197 e. The van der Waals surface area contributed by atoms with Crippen molar-refractivity contribution in [2.75, 3.05) is 6.61 Å². The number of hydrogen-bond donors (Lipinski definition) is 2. The summed E-state index contributed by atoms with van der Waals surface area (Å²) >= 11 is 0. The van der Waals surface area contributed by atoms with Gasteiger partial charge < -0.3 is 10.5 Å². The average Bonchev–Trinajstić information content (AvgIpc) is 1.87. The molecule has 0 aromatic rings. The monoisotopic (exact) mass is 130 g/mol. The summed E-state index contributed by atoms with van der Waals surface area (Å²) in [5, 5.41) is 7.15. The first kappa shape index (κ1) is 8.43. The molecule has 1 unspecified atom stereocenters. The summed E-state index contributed by atoms with van der Waals surface area (Å²) in [6.45, 7) is 4.31. The van der Waals surface area contributed by atoms with Gasteiger partial charge in [0.1, 0.15) is 0 Å². The van der Waals surface area contributed by atoms with Crippen LogP contribution in [0.3, 0.4) is 0 Å². The van der Waals surface area contributed by atoms with Gasteiger partial charge in [0.25, 0.3) is 0 Å². The van der Waals surface area contributed by atoms with Gasteiger partial charge in [0, 0.05) is 0 Å². The van der Waals surface area contributed by atoms with Gasteiger partial charge in [-0.2, -0.15) is 0 Å². The molecule has 0 fully saturated rings. The normalized spacial score (nSPS) is 12.8. The van der Waals surface area contributed by atoms with E-state index in [1.54, 1.807) is 0 Å². The molecule has 0 radical (unpaired) electrons. The molecule has 0 amide bonds. The van der Waals surface area contributed by atoms with E-state index >= 15 is 0 Å². The van der Waals surface area contributed by atoms with Crippen LogP contribution in [0.5, 0.6) is 0 Å². The Kier molecular flexibility index (Phi) is 4.05. The van der Waals surface area contributed by atoms with Gasteiger partial charge in [0.05, 0.1) is 12.6 Å². The van der Waals surface area contributed by atoms with Crippen molar-refractivity contribution < 1.29 is 4.74 Å². The summed E-state index contributed by atoms with van der Waals surface area (Å²) in [6, 6.07) is -0.218. The van der Waals surface area contributed by atoms with Crippen LogP contribution < -0.4 is 5.73 Å². The maximum absolute atomic E-state index is 7.15. The Labute approximate surface area is 55.7 Å². The van der Waals surface area contributed by atoms with E-state index in [2.05, 4.69) is 0 Å². The van der Waals surface area contributed by atoms with Gasteiger partial charge in [-0.3, -0.25) is 5.41 Å². The molecule has 0 bridgehead atoms. The lowest BCUT2D eigenvalue weighted by Crippen LogP contribution is -2.30. The first-order valence-corrected chi connectivity index (χ1v) is 3.19. The molecule has 0 spiro atoms. The zero-order valence-electron chi connectivity index (χ0n) is 5.98. The molecule has 54 valence electrons. The molecule has 0 saturated heterocycles. The standard InChI is InChI=1S/C6H14N2O/c1-3-5(7)6(8)9-4-2/h5,8H,3-4,7H2,1-2H3. The number of hydrogen-bond acceptors (Lipinski definition) is 3. The minimum absolute atomic E-state index is 0.194. The zero-order chi connectivity index (χ0) is 7.28. The molecule has 3 heteroatoms. The Balaban J connectivity index is 3.46. The van der Waals surface area contributed by atoms with Gasteiger partial charge in [0.2, 0.25) is 0 Å². The van der Waals surface area contributed by atoms with Crippen molar-refractivity contribution in [1.82, 2.24) is 0 Å². The molecule has 1 atom stereocenters. The van der Waals surface area contributed by atoms with E-state index in [0.29, 0.717) is 6.61 Å². The Bertz CT molecular complexity index is 93.1. The summed E-state index contributed by atoms with van der Waals surface area (Å²) in [5.74, 6) is 0.194. The molecular formula is C6H14N2O. The van der Waals surface area contributed by atoms with Crippen LogP contribution in [0.15, 0.2) is 0 Å². The smallest absolute Gasteiger partial charge is 0.197 e. The van der Waals surface area contributed by atoms with Crippen molar-refractivity contribution in [2.24, 2.45) is 5.73 Å². The molecule has 3 N–H and O–H groups in total. The van der Waals surface area contributed by atoms with Crippen LogP contribution in [-0.2, 0) is 4.74 Å². The van der Waals surface area contributed by atoms with Crippen molar-refractivity contribution in [3.8, 4) is 0 Å². The predicted molar refractivity (Wildman–Crippen MR) is 37.6 cm³/mol. The molecule has 0 aliphatic rings. The molecule has 0 aromatic carbocycles. The van der Waals surface area contributed by atoms with Crippen LogP contribution in [0.2, 0.25) is 0 Å².